The topological polar surface area (TPSA) is 49.3 Å². The predicted molar refractivity (Wildman–Crippen MR) is 61.4 cm³/mol. The third-order valence-corrected chi connectivity index (χ3v) is 3.78. The molecule has 0 bridgehead atoms. The van der Waals surface area contributed by atoms with Crippen LogP contribution in [0, 0.1) is 11.8 Å². The van der Waals surface area contributed by atoms with Crippen molar-refractivity contribution in [3.63, 3.8) is 0 Å². The van der Waals surface area contributed by atoms with E-state index >= 15 is 0 Å². The molecule has 1 saturated carbocycles. The summed E-state index contributed by atoms with van der Waals surface area (Å²) in [6, 6.07) is -0.276. The van der Waals surface area contributed by atoms with Gasteiger partial charge in [0.1, 0.15) is 6.04 Å². The summed E-state index contributed by atoms with van der Waals surface area (Å²) in [5.41, 5.74) is 0. The first-order valence-electron chi connectivity index (χ1n) is 5.73. The van der Waals surface area contributed by atoms with Gasteiger partial charge >= 0.3 is 5.97 Å². The molecule has 88 valence electrons. The lowest BCUT2D eigenvalue weighted by Crippen LogP contribution is -2.29. The minimum absolute atomic E-state index is 0. The smallest absolute Gasteiger partial charge is 0.320 e. The van der Waals surface area contributed by atoms with Crippen LogP contribution in [0.15, 0.2) is 0 Å². The first-order chi connectivity index (χ1) is 6.77. The van der Waals surface area contributed by atoms with E-state index in [4.69, 9.17) is 5.11 Å². The molecule has 1 saturated heterocycles. The third-order valence-electron chi connectivity index (χ3n) is 3.78. The van der Waals surface area contributed by atoms with Crippen LogP contribution in [0.4, 0.5) is 0 Å². The zero-order valence-electron chi connectivity index (χ0n) is 8.95. The average molecular weight is 234 g/mol. The van der Waals surface area contributed by atoms with Crippen LogP contribution in [0.5, 0.6) is 0 Å². The second kappa shape index (κ2) is 5.71. The summed E-state index contributed by atoms with van der Waals surface area (Å²) in [6.45, 7) is 0.918. The summed E-state index contributed by atoms with van der Waals surface area (Å²) >= 11 is 0. The number of carboxylic acid groups (broad SMARTS) is 1. The molecule has 1 aliphatic heterocycles. The van der Waals surface area contributed by atoms with Gasteiger partial charge in [-0.15, -0.1) is 12.4 Å². The second-order valence-electron chi connectivity index (χ2n) is 4.69. The Morgan fingerprint density at radius 2 is 1.80 bits per heavy atom. The second-order valence-corrected chi connectivity index (χ2v) is 4.69. The van der Waals surface area contributed by atoms with Gasteiger partial charge in [-0.2, -0.15) is 0 Å². The maximum Gasteiger partial charge on any atom is 0.320 e. The van der Waals surface area contributed by atoms with Gasteiger partial charge in [-0.1, -0.05) is 32.1 Å². The predicted octanol–water partition coefficient (Wildman–Crippen LogP) is 2.05. The molecule has 2 rings (SSSR count). The maximum absolute atomic E-state index is 10.8. The van der Waals surface area contributed by atoms with Crippen molar-refractivity contribution < 1.29 is 9.90 Å². The fourth-order valence-corrected chi connectivity index (χ4v) is 2.92. The molecule has 0 unspecified atom stereocenters. The van der Waals surface area contributed by atoms with Crippen LogP contribution in [0.1, 0.15) is 38.5 Å². The Morgan fingerprint density at radius 3 is 2.33 bits per heavy atom. The highest BCUT2D eigenvalue weighted by molar-refractivity contribution is 5.85. The number of carboxylic acids is 1. The molecule has 0 aromatic carbocycles. The summed E-state index contributed by atoms with van der Waals surface area (Å²) in [4.78, 5) is 10.8. The van der Waals surface area contributed by atoms with E-state index in [1.165, 1.54) is 32.1 Å². The maximum atomic E-state index is 10.8. The Hall–Kier alpha value is -0.280. The summed E-state index contributed by atoms with van der Waals surface area (Å²) in [6.07, 6.45) is 7.55. The molecule has 0 aromatic rings. The molecule has 2 aliphatic rings. The van der Waals surface area contributed by atoms with Crippen LogP contribution in [0.25, 0.3) is 0 Å². The zero-order chi connectivity index (χ0) is 9.97. The molecule has 1 heterocycles. The number of hydrogen-bond donors (Lipinski definition) is 2. The standard InChI is InChI=1S/C11H19NO2.ClH/c13-11(14)10-6-9(7-12-10)8-4-2-1-3-5-8;/h8-10,12H,1-7H2,(H,13,14);1H/t9-,10+;/m0./s1. The fourth-order valence-electron chi connectivity index (χ4n) is 2.92. The van der Waals surface area contributed by atoms with Crippen molar-refractivity contribution in [2.75, 3.05) is 6.54 Å². The average Bonchev–Trinajstić information content (AvgIpc) is 2.68. The molecule has 0 spiro atoms. The first kappa shape index (κ1) is 12.8. The van der Waals surface area contributed by atoms with Crippen LogP contribution in [-0.4, -0.2) is 23.7 Å². The van der Waals surface area contributed by atoms with Crippen LogP contribution in [-0.2, 0) is 4.79 Å². The molecule has 2 atom stereocenters. The van der Waals surface area contributed by atoms with Crippen LogP contribution < -0.4 is 5.32 Å². The normalized spacial score (nSPS) is 32.3. The Labute approximate surface area is 97.0 Å². The Morgan fingerprint density at radius 1 is 1.13 bits per heavy atom. The summed E-state index contributed by atoms with van der Waals surface area (Å²) in [7, 11) is 0. The molecule has 2 fully saturated rings. The highest BCUT2D eigenvalue weighted by Crippen LogP contribution is 2.34. The van der Waals surface area contributed by atoms with E-state index in [9.17, 15) is 4.79 Å². The molecule has 0 radical (unpaired) electrons. The van der Waals surface area contributed by atoms with Crippen LogP contribution in [0.2, 0.25) is 0 Å². The van der Waals surface area contributed by atoms with E-state index in [1.54, 1.807) is 0 Å². The highest BCUT2D eigenvalue weighted by Gasteiger charge is 2.34. The van der Waals surface area contributed by atoms with Crippen molar-refractivity contribution in [1.82, 2.24) is 5.32 Å². The number of aliphatic carboxylic acids is 1. The van der Waals surface area contributed by atoms with E-state index in [0.717, 1.165) is 18.9 Å². The monoisotopic (exact) mass is 233 g/mol. The number of halogens is 1. The van der Waals surface area contributed by atoms with Crippen molar-refractivity contribution in [3.05, 3.63) is 0 Å². The minimum atomic E-state index is -0.677. The Bertz CT molecular complexity index is 217. The van der Waals surface area contributed by atoms with Gasteiger partial charge in [0, 0.05) is 0 Å². The molecule has 0 amide bonds. The van der Waals surface area contributed by atoms with E-state index in [2.05, 4.69) is 5.32 Å². The minimum Gasteiger partial charge on any atom is -0.480 e. The van der Waals surface area contributed by atoms with E-state index in [0.29, 0.717) is 5.92 Å². The van der Waals surface area contributed by atoms with Gasteiger partial charge < -0.3 is 10.4 Å². The van der Waals surface area contributed by atoms with Crippen molar-refractivity contribution in [2.24, 2.45) is 11.8 Å². The van der Waals surface area contributed by atoms with Gasteiger partial charge in [-0.25, -0.2) is 0 Å². The molecule has 15 heavy (non-hydrogen) atoms. The van der Waals surface area contributed by atoms with Gasteiger partial charge in [-0.05, 0) is 24.8 Å². The number of carbonyl (C=O) groups is 1. The summed E-state index contributed by atoms with van der Waals surface area (Å²) < 4.78 is 0. The van der Waals surface area contributed by atoms with Crippen LogP contribution in [0.3, 0.4) is 0 Å². The highest BCUT2D eigenvalue weighted by atomic mass is 35.5. The molecule has 0 aromatic heterocycles. The van der Waals surface area contributed by atoms with Crippen molar-refractivity contribution >= 4 is 18.4 Å². The van der Waals surface area contributed by atoms with Crippen molar-refractivity contribution in [1.29, 1.82) is 0 Å². The largest absolute Gasteiger partial charge is 0.480 e. The molecule has 3 nitrogen and oxygen atoms in total. The SMILES string of the molecule is Cl.O=C(O)[C@H]1C[C@H](C2CCCCC2)CN1. The zero-order valence-corrected chi connectivity index (χ0v) is 9.76. The van der Waals surface area contributed by atoms with Gasteiger partial charge in [0.05, 0.1) is 0 Å². The lowest BCUT2D eigenvalue weighted by molar-refractivity contribution is -0.139. The van der Waals surface area contributed by atoms with Crippen LogP contribution >= 0.6 is 12.4 Å². The summed E-state index contributed by atoms with van der Waals surface area (Å²) in [5.74, 6) is 0.736. The third kappa shape index (κ3) is 3.08. The van der Waals surface area contributed by atoms with Gasteiger partial charge in [0.15, 0.2) is 0 Å². The van der Waals surface area contributed by atoms with Crippen molar-refractivity contribution in [2.45, 2.75) is 44.6 Å². The van der Waals surface area contributed by atoms with E-state index < -0.39 is 5.97 Å². The number of nitrogens with one attached hydrogen (secondary N) is 1. The van der Waals surface area contributed by atoms with Gasteiger partial charge in [0.25, 0.3) is 0 Å². The van der Waals surface area contributed by atoms with Crippen molar-refractivity contribution in [3.8, 4) is 0 Å². The summed E-state index contributed by atoms with van der Waals surface area (Å²) in [5, 5.41) is 12.0. The number of rotatable bonds is 2. The fraction of sp³-hybridized carbons (Fsp3) is 0.909. The molecule has 4 heteroatoms. The van der Waals surface area contributed by atoms with E-state index in [1.807, 2.05) is 0 Å². The Kier molecular flexibility index (Phi) is 4.87. The van der Waals surface area contributed by atoms with Gasteiger partial charge in [-0.3, -0.25) is 4.79 Å². The lowest BCUT2D eigenvalue weighted by atomic mass is 9.79. The van der Waals surface area contributed by atoms with E-state index in [-0.39, 0.29) is 18.4 Å². The molecule has 2 N–H and O–H groups in total. The quantitative estimate of drug-likeness (QED) is 0.768. The Balaban J connectivity index is 0.00000112. The van der Waals surface area contributed by atoms with Gasteiger partial charge in [0.2, 0.25) is 0 Å². The molecule has 1 aliphatic carbocycles. The number of hydrogen-bond acceptors (Lipinski definition) is 2. The first-order valence-corrected chi connectivity index (χ1v) is 5.73. The molecular weight excluding hydrogens is 214 g/mol. The molecular formula is C11H20ClNO2. The lowest BCUT2D eigenvalue weighted by Gasteiger charge is -2.26.